The van der Waals surface area contributed by atoms with Gasteiger partial charge in [-0.1, -0.05) is 18.2 Å². The number of aliphatic imine (C=N–C) groups is 1. The van der Waals surface area contributed by atoms with Crippen molar-refractivity contribution in [3.63, 3.8) is 0 Å². The van der Waals surface area contributed by atoms with E-state index in [1.807, 2.05) is 36.5 Å². The van der Waals surface area contributed by atoms with Crippen molar-refractivity contribution in [1.29, 1.82) is 0 Å². The molecule has 0 aliphatic heterocycles. The van der Waals surface area contributed by atoms with Gasteiger partial charge in [0.1, 0.15) is 5.75 Å². The minimum Gasteiger partial charge on any atom is -0.496 e. The predicted molar refractivity (Wildman–Crippen MR) is 73.4 cm³/mol. The number of hydrogen-bond acceptors (Lipinski definition) is 3. The number of para-hydroxylation sites is 1. The highest BCUT2D eigenvalue weighted by molar-refractivity contribution is 5.79. The molecule has 18 heavy (non-hydrogen) atoms. The number of benzene rings is 1. The van der Waals surface area contributed by atoms with Crippen LogP contribution in [0.5, 0.6) is 5.75 Å². The second kappa shape index (κ2) is 6.55. The van der Waals surface area contributed by atoms with Gasteiger partial charge in [0, 0.05) is 25.2 Å². The molecule has 1 heterocycles. The lowest BCUT2D eigenvalue weighted by Crippen LogP contribution is -1.95. The Bertz CT molecular complexity index is 509. The Morgan fingerprint density at radius 3 is 2.72 bits per heavy atom. The topological polar surface area (TPSA) is 34.5 Å². The van der Waals surface area contributed by atoms with Crippen molar-refractivity contribution < 1.29 is 4.74 Å². The molecule has 0 radical (unpaired) electrons. The summed E-state index contributed by atoms with van der Waals surface area (Å²) in [4.78, 5) is 8.37. The Labute approximate surface area is 107 Å². The molecule has 0 unspecified atom stereocenters. The highest BCUT2D eigenvalue weighted by Gasteiger charge is 1.99. The van der Waals surface area contributed by atoms with Crippen LogP contribution in [0.4, 0.5) is 0 Å². The van der Waals surface area contributed by atoms with E-state index in [0.29, 0.717) is 0 Å². The molecule has 0 N–H and O–H groups in total. The van der Waals surface area contributed by atoms with Crippen LogP contribution in [0.15, 0.2) is 53.8 Å². The van der Waals surface area contributed by atoms with Gasteiger partial charge in [-0.15, -0.1) is 0 Å². The SMILES string of the molecule is COc1ccccc1CCN=Cc1ccncc1. The Balaban J connectivity index is 1.91. The molecule has 3 heteroatoms. The van der Waals surface area contributed by atoms with Crippen LogP contribution in [0.25, 0.3) is 0 Å². The summed E-state index contributed by atoms with van der Waals surface area (Å²) in [5.74, 6) is 0.927. The van der Waals surface area contributed by atoms with Crippen LogP contribution in [-0.2, 0) is 6.42 Å². The van der Waals surface area contributed by atoms with Gasteiger partial charge >= 0.3 is 0 Å². The van der Waals surface area contributed by atoms with E-state index in [1.165, 1.54) is 5.56 Å². The van der Waals surface area contributed by atoms with Gasteiger partial charge in [0.15, 0.2) is 0 Å². The smallest absolute Gasteiger partial charge is 0.122 e. The quantitative estimate of drug-likeness (QED) is 0.753. The van der Waals surface area contributed by atoms with Crippen LogP contribution < -0.4 is 4.74 Å². The summed E-state index contributed by atoms with van der Waals surface area (Å²) in [6.07, 6.45) is 6.28. The summed E-state index contributed by atoms with van der Waals surface area (Å²) in [5, 5.41) is 0. The maximum absolute atomic E-state index is 5.30. The van der Waals surface area contributed by atoms with E-state index in [9.17, 15) is 0 Å². The third-order valence-electron chi connectivity index (χ3n) is 2.65. The van der Waals surface area contributed by atoms with Crippen LogP contribution in [0.3, 0.4) is 0 Å². The second-order valence-electron chi connectivity index (χ2n) is 3.88. The summed E-state index contributed by atoms with van der Waals surface area (Å²) in [5.41, 5.74) is 2.26. The standard InChI is InChI=1S/C15H16N2O/c1-18-15-5-3-2-4-14(15)8-11-17-12-13-6-9-16-10-7-13/h2-7,9-10,12H,8,11H2,1H3. The molecule has 2 rings (SSSR count). The van der Waals surface area contributed by atoms with Crippen LogP contribution in [-0.4, -0.2) is 24.9 Å². The Morgan fingerprint density at radius 2 is 1.94 bits per heavy atom. The predicted octanol–water partition coefficient (Wildman–Crippen LogP) is 2.75. The molecule has 0 saturated heterocycles. The van der Waals surface area contributed by atoms with Crippen LogP contribution in [0, 0.1) is 0 Å². The lowest BCUT2D eigenvalue weighted by atomic mass is 10.1. The minimum absolute atomic E-state index is 0.753. The molecular formula is C15H16N2O. The van der Waals surface area contributed by atoms with Crippen LogP contribution in [0.2, 0.25) is 0 Å². The molecule has 1 aromatic heterocycles. The van der Waals surface area contributed by atoms with E-state index >= 15 is 0 Å². The molecule has 0 saturated carbocycles. The van der Waals surface area contributed by atoms with E-state index in [1.54, 1.807) is 19.5 Å². The van der Waals surface area contributed by atoms with Crippen molar-refractivity contribution in [2.75, 3.05) is 13.7 Å². The van der Waals surface area contributed by atoms with Crippen LogP contribution in [0.1, 0.15) is 11.1 Å². The average molecular weight is 240 g/mol. The van der Waals surface area contributed by atoms with Crippen molar-refractivity contribution in [2.24, 2.45) is 4.99 Å². The summed E-state index contributed by atoms with van der Waals surface area (Å²) >= 11 is 0. The van der Waals surface area contributed by atoms with E-state index < -0.39 is 0 Å². The Kier molecular flexibility index (Phi) is 4.47. The van der Waals surface area contributed by atoms with Gasteiger partial charge in [0.2, 0.25) is 0 Å². The fourth-order valence-corrected chi connectivity index (χ4v) is 1.71. The summed E-state index contributed by atoms with van der Waals surface area (Å²) in [6.45, 7) is 0.753. The first-order valence-electron chi connectivity index (χ1n) is 5.92. The third-order valence-corrected chi connectivity index (χ3v) is 2.65. The molecule has 2 aromatic rings. The van der Waals surface area contributed by atoms with Crippen molar-refractivity contribution in [3.05, 3.63) is 59.9 Å². The zero-order chi connectivity index (χ0) is 12.6. The third kappa shape index (κ3) is 3.42. The van der Waals surface area contributed by atoms with Gasteiger partial charge in [-0.25, -0.2) is 0 Å². The van der Waals surface area contributed by atoms with Gasteiger partial charge in [0.25, 0.3) is 0 Å². The maximum atomic E-state index is 5.30. The highest BCUT2D eigenvalue weighted by Crippen LogP contribution is 2.17. The number of hydrogen-bond donors (Lipinski definition) is 0. The van der Waals surface area contributed by atoms with E-state index in [-0.39, 0.29) is 0 Å². The van der Waals surface area contributed by atoms with Crippen LogP contribution >= 0.6 is 0 Å². The van der Waals surface area contributed by atoms with Crippen molar-refractivity contribution in [3.8, 4) is 5.75 Å². The van der Waals surface area contributed by atoms with E-state index in [2.05, 4.69) is 16.0 Å². The van der Waals surface area contributed by atoms with Crippen molar-refractivity contribution in [2.45, 2.75) is 6.42 Å². The second-order valence-corrected chi connectivity index (χ2v) is 3.88. The van der Waals surface area contributed by atoms with Gasteiger partial charge in [-0.3, -0.25) is 9.98 Å². The molecule has 0 atom stereocenters. The molecule has 0 fully saturated rings. The fourth-order valence-electron chi connectivity index (χ4n) is 1.71. The fraction of sp³-hybridized carbons (Fsp3) is 0.200. The molecule has 1 aromatic carbocycles. The number of pyridine rings is 1. The first kappa shape index (κ1) is 12.3. The molecule has 0 aliphatic carbocycles. The monoisotopic (exact) mass is 240 g/mol. The molecule has 92 valence electrons. The number of ether oxygens (including phenoxy) is 1. The molecule has 0 bridgehead atoms. The van der Waals surface area contributed by atoms with Crippen molar-refractivity contribution in [1.82, 2.24) is 4.98 Å². The van der Waals surface area contributed by atoms with Gasteiger partial charge in [-0.2, -0.15) is 0 Å². The summed E-state index contributed by atoms with van der Waals surface area (Å²) < 4.78 is 5.30. The highest BCUT2D eigenvalue weighted by atomic mass is 16.5. The van der Waals surface area contributed by atoms with Gasteiger partial charge in [-0.05, 0) is 35.7 Å². The number of aromatic nitrogens is 1. The molecule has 0 aliphatic rings. The first-order chi connectivity index (χ1) is 8.90. The van der Waals surface area contributed by atoms with Gasteiger partial charge in [0.05, 0.1) is 7.11 Å². The molecular weight excluding hydrogens is 224 g/mol. The molecule has 0 spiro atoms. The Morgan fingerprint density at radius 1 is 1.17 bits per heavy atom. The summed E-state index contributed by atoms with van der Waals surface area (Å²) in [7, 11) is 1.69. The average Bonchev–Trinajstić information content (AvgIpc) is 2.45. The zero-order valence-corrected chi connectivity index (χ0v) is 10.4. The lowest BCUT2D eigenvalue weighted by Gasteiger charge is -2.05. The number of nitrogens with zero attached hydrogens (tertiary/aromatic N) is 2. The molecule has 0 amide bonds. The first-order valence-corrected chi connectivity index (χ1v) is 5.92. The number of methoxy groups -OCH3 is 1. The lowest BCUT2D eigenvalue weighted by molar-refractivity contribution is 0.410. The van der Waals surface area contributed by atoms with Crippen molar-refractivity contribution >= 4 is 6.21 Å². The minimum atomic E-state index is 0.753. The molecule has 3 nitrogen and oxygen atoms in total. The summed E-state index contributed by atoms with van der Waals surface area (Å²) in [6, 6.07) is 11.9. The number of rotatable bonds is 5. The zero-order valence-electron chi connectivity index (χ0n) is 10.4. The maximum Gasteiger partial charge on any atom is 0.122 e. The largest absolute Gasteiger partial charge is 0.496 e. The normalized spacial score (nSPS) is 10.7. The van der Waals surface area contributed by atoms with E-state index in [0.717, 1.165) is 24.3 Å². The van der Waals surface area contributed by atoms with Gasteiger partial charge < -0.3 is 4.74 Å². The Hall–Kier alpha value is -2.16. The van der Waals surface area contributed by atoms with E-state index in [4.69, 9.17) is 4.74 Å².